The summed E-state index contributed by atoms with van der Waals surface area (Å²) < 4.78 is 5.47. The molecule has 0 saturated heterocycles. The highest BCUT2D eigenvalue weighted by Gasteiger charge is 2.16. The van der Waals surface area contributed by atoms with Gasteiger partial charge in [-0.05, 0) is 74.1 Å². The van der Waals surface area contributed by atoms with Crippen molar-refractivity contribution in [1.29, 1.82) is 0 Å². The van der Waals surface area contributed by atoms with Gasteiger partial charge in [-0.15, -0.1) is 11.3 Å². The van der Waals surface area contributed by atoms with Crippen molar-refractivity contribution in [3.63, 3.8) is 0 Å². The topological polar surface area (TPSA) is 71.0 Å². The largest absolute Gasteiger partial charge is 0.484 e. The molecule has 0 aliphatic heterocycles. The molecule has 2 amide bonds. The molecule has 0 radical (unpaired) electrons. The molecular weight excluding hydrogens is 386 g/mol. The number of hydrogen-bond acceptors (Lipinski definition) is 5. The number of carbonyl (C=O) groups is 2. The first-order valence-electron chi connectivity index (χ1n) is 9.83. The normalized spacial score (nSPS) is 14.0. The van der Waals surface area contributed by atoms with Gasteiger partial charge in [0, 0.05) is 19.0 Å². The molecule has 1 aromatic heterocycles. The summed E-state index contributed by atoms with van der Waals surface area (Å²) in [5.74, 6) is 0.353. The van der Waals surface area contributed by atoms with E-state index in [1.54, 1.807) is 37.6 Å². The van der Waals surface area contributed by atoms with Gasteiger partial charge in [-0.1, -0.05) is 6.42 Å². The summed E-state index contributed by atoms with van der Waals surface area (Å²) in [4.78, 5) is 27.6. The lowest BCUT2D eigenvalue weighted by Gasteiger charge is -2.11. The number of hydrazone groups is 1. The number of aryl methyl sites for hydroxylation is 2. The maximum absolute atomic E-state index is 12.5. The second-order valence-electron chi connectivity index (χ2n) is 7.36. The molecule has 0 saturated carbocycles. The molecule has 1 heterocycles. The van der Waals surface area contributed by atoms with Crippen LogP contribution in [0.1, 0.15) is 51.9 Å². The van der Waals surface area contributed by atoms with E-state index in [2.05, 4.69) is 10.5 Å². The number of hydrogen-bond donors (Lipinski definition) is 1. The monoisotopic (exact) mass is 413 g/mol. The highest BCUT2D eigenvalue weighted by molar-refractivity contribution is 7.14. The van der Waals surface area contributed by atoms with Crippen molar-refractivity contribution in [3.8, 4) is 5.75 Å². The minimum Gasteiger partial charge on any atom is -0.484 e. The predicted molar refractivity (Wildman–Crippen MR) is 116 cm³/mol. The lowest BCUT2D eigenvalue weighted by atomic mass is 10.1. The second-order valence-corrected chi connectivity index (χ2v) is 8.50. The van der Waals surface area contributed by atoms with Crippen molar-refractivity contribution >= 4 is 28.9 Å². The number of nitrogens with zero attached hydrogens (tertiary/aromatic N) is 2. The molecule has 0 unspecified atom stereocenters. The summed E-state index contributed by atoms with van der Waals surface area (Å²) in [6, 6.07) is 9.30. The fourth-order valence-electron chi connectivity index (χ4n) is 3.10. The number of ether oxygens (including phenoxy) is 1. The minimum absolute atomic E-state index is 0.000263. The number of carbonyl (C=O) groups excluding carboxylic acids is 2. The zero-order valence-corrected chi connectivity index (χ0v) is 18.0. The Hall–Kier alpha value is -2.67. The first-order valence-corrected chi connectivity index (χ1v) is 10.7. The van der Waals surface area contributed by atoms with Crippen LogP contribution in [0.3, 0.4) is 0 Å². The van der Waals surface area contributed by atoms with Gasteiger partial charge in [0.2, 0.25) is 0 Å². The molecule has 0 bridgehead atoms. The van der Waals surface area contributed by atoms with Crippen LogP contribution in [0, 0.1) is 0 Å². The third-order valence-electron chi connectivity index (χ3n) is 4.93. The van der Waals surface area contributed by atoms with Gasteiger partial charge in [-0.25, -0.2) is 5.43 Å². The Morgan fingerprint density at radius 2 is 1.86 bits per heavy atom. The highest BCUT2D eigenvalue weighted by Crippen LogP contribution is 2.28. The van der Waals surface area contributed by atoms with Gasteiger partial charge < -0.3 is 9.64 Å². The van der Waals surface area contributed by atoms with Gasteiger partial charge in [0.05, 0.1) is 10.6 Å². The Morgan fingerprint density at radius 3 is 2.59 bits per heavy atom. The Labute approximate surface area is 175 Å². The molecular formula is C22H27N3O3S. The van der Waals surface area contributed by atoms with Crippen molar-refractivity contribution in [3.05, 3.63) is 51.2 Å². The van der Waals surface area contributed by atoms with E-state index in [0.717, 1.165) is 23.3 Å². The molecule has 29 heavy (non-hydrogen) atoms. The molecule has 0 atom stereocenters. The van der Waals surface area contributed by atoms with Gasteiger partial charge in [0.1, 0.15) is 5.75 Å². The zero-order chi connectivity index (χ0) is 20.8. The average molecular weight is 414 g/mol. The highest BCUT2D eigenvalue weighted by atomic mass is 32.1. The number of nitrogens with one attached hydrogen (secondary N) is 1. The van der Waals surface area contributed by atoms with Gasteiger partial charge in [0.25, 0.3) is 11.8 Å². The summed E-state index contributed by atoms with van der Waals surface area (Å²) in [6.45, 7) is 1.84. The summed E-state index contributed by atoms with van der Waals surface area (Å²) in [6.07, 6.45) is 5.81. The fourth-order valence-corrected chi connectivity index (χ4v) is 4.24. The Kier molecular flexibility index (Phi) is 7.04. The molecule has 2 aromatic rings. The van der Waals surface area contributed by atoms with Crippen molar-refractivity contribution in [1.82, 2.24) is 10.3 Å². The van der Waals surface area contributed by atoms with E-state index in [4.69, 9.17) is 4.74 Å². The summed E-state index contributed by atoms with van der Waals surface area (Å²) >= 11 is 1.59. The SMILES string of the molecule is C/C(=N/NC(=O)c1cc2c(s1)CCCCC2)c1ccc(OCC(=O)N(C)C)cc1. The molecule has 1 aromatic carbocycles. The predicted octanol–water partition coefficient (Wildman–Crippen LogP) is 3.64. The Bertz CT molecular complexity index is 877. The van der Waals surface area contributed by atoms with Gasteiger partial charge >= 0.3 is 0 Å². The molecule has 154 valence electrons. The van der Waals surface area contributed by atoms with Crippen LogP contribution in [0.15, 0.2) is 35.4 Å². The lowest BCUT2D eigenvalue weighted by Crippen LogP contribution is -2.27. The van der Waals surface area contributed by atoms with Crippen LogP contribution >= 0.6 is 11.3 Å². The van der Waals surface area contributed by atoms with Crippen LogP contribution in [-0.4, -0.2) is 43.1 Å². The van der Waals surface area contributed by atoms with Crippen molar-refractivity contribution in [2.45, 2.75) is 39.0 Å². The molecule has 0 fully saturated rings. The number of likely N-dealkylation sites (N-methyl/N-ethyl adjacent to an activating group) is 1. The molecule has 1 aliphatic carbocycles. The zero-order valence-electron chi connectivity index (χ0n) is 17.2. The summed E-state index contributed by atoms with van der Waals surface area (Å²) in [7, 11) is 3.38. The standard InChI is InChI=1S/C22H27N3O3S/c1-15(16-9-11-18(12-10-16)28-14-21(26)25(2)3)23-24-22(27)20-13-17-7-5-4-6-8-19(17)29-20/h9-13H,4-8,14H2,1-3H3,(H,24,27)/b23-15-. The van der Waals surface area contributed by atoms with Gasteiger partial charge in [0.15, 0.2) is 6.61 Å². The van der Waals surface area contributed by atoms with E-state index in [0.29, 0.717) is 11.5 Å². The molecule has 7 heteroatoms. The van der Waals surface area contributed by atoms with E-state index in [1.807, 2.05) is 25.1 Å². The van der Waals surface area contributed by atoms with Crippen LogP contribution in [0.4, 0.5) is 0 Å². The van der Waals surface area contributed by atoms with E-state index >= 15 is 0 Å². The van der Waals surface area contributed by atoms with Crippen LogP contribution in [0.25, 0.3) is 0 Å². The van der Waals surface area contributed by atoms with Gasteiger partial charge in [-0.3, -0.25) is 9.59 Å². The quantitative estimate of drug-likeness (QED) is 0.447. The summed E-state index contributed by atoms with van der Waals surface area (Å²) in [5, 5.41) is 4.24. The molecule has 6 nitrogen and oxygen atoms in total. The van der Waals surface area contributed by atoms with Gasteiger partial charge in [-0.2, -0.15) is 5.10 Å². The average Bonchev–Trinajstić information content (AvgIpc) is 3.00. The van der Waals surface area contributed by atoms with Crippen LogP contribution < -0.4 is 10.2 Å². The maximum atomic E-state index is 12.5. The third-order valence-corrected chi connectivity index (χ3v) is 6.16. The van der Waals surface area contributed by atoms with Crippen LogP contribution in [0.2, 0.25) is 0 Å². The van der Waals surface area contributed by atoms with Crippen molar-refractivity contribution in [2.75, 3.05) is 20.7 Å². The number of fused-ring (bicyclic) bond motifs is 1. The smallest absolute Gasteiger partial charge is 0.281 e. The second kappa shape index (κ2) is 9.69. The maximum Gasteiger partial charge on any atom is 0.281 e. The summed E-state index contributed by atoms with van der Waals surface area (Å²) in [5.41, 5.74) is 5.56. The molecule has 3 rings (SSSR count). The first-order chi connectivity index (χ1) is 13.9. The Balaban J connectivity index is 1.58. The van der Waals surface area contributed by atoms with E-state index in [1.165, 1.54) is 34.6 Å². The number of benzene rings is 1. The van der Waals surface area contributed by atoms with E-state index in [-0.39, 0.29) is 18.4 Å². The van der Waals surface area contributed by atoms with Crippen LogP contribution in [-0.2, 0) is 17.6 Å². The van der Waals surface area contributed by atoms with Crippen molar-refractivity contribution < 1.29 is 14.3 Å². The Morgan fingerprint density at radius 1 is 1.14 bits per heavy atom. The van der Waals surface area contributed by atoms with E-state index < -0.39 is 0 Å². The fraction of sp³-hybridized carbons (Fsp3) is 0.409. The number of rotatable bonds is 6. The lowest BCUT2D eigenvalue weighted by molar-refractivity contribution is -0.130. The number of thiophene rings is 1. The third kappa shape index (κ3) is 5.67. The minimum atomic E-state index is -0.162. The van der Waals surface area contributed by atoms with E-state index in [9.17, 15) is 9.59 Å². The molecule has 1 N–H and O–H groups in total. The van der Waals surface area contributed by atoms with Crippen LogP contribution in [0.5, 0.6) is 5.75 Å². The van der Waals surface area contributed by atoms with Crippen molar-refractivity contribution in [2.24, 2.45) is 5.10 Å². The number of amides is 2. The molecule has 0 spiro atoms. The molecule has 1 aliphatic rings. The first kappa shape index (κ1) is 21.0.